The Morgan fingerprint density at radius 1 is 1.13 bits per heavy atom. The van der Waals surface area contributed by atoms with E-state index < -0.39 is 5.97 Å². The van der Waals surface area contributed by atoms with Gasteiger partial charge in [-0.25, -0.2) is 4.79 Å². The van der Waals surface area contributed by atoms with Gasteiger partial charge in [-0.3, -0.25) is 0 Å². The second-order valence-corrected chi connectivity index (χ2v) is 8.71. The van der Waals surface area contributed by atoms with Gasteiger partial charge in [-0.1, -0.05) is 63.5 Å². The van der Waals surface area contributed by atoms with Crippen molar-refractivity contribution in [2.75, 3.05) is 26.9 Å². The Hall–Kier alpha value is -1.65. The average molecular weight is 417 g/mol. The zero-order valence-corrected chi connectivity index (χ0v) is 18.9. The lowest BCUT2D eigenvalue weighted by atomic mass is 9.77. The van der Waals surface area contributed by atoms with E-state index in [2.05, 4.69) is 37.8 Å². The van der Waals surface area contributed by atoms with Crippen molar-refractivity contribution in [2.24, 2.45) is 5.92 Å². The van der Waals surface area contributed by atoms with E-state index >= 15 is 0 Å². The number of methoxy groups -OCH3 is 1. The lowest BCUT2D eigenvalue weighted by molar-refractivity contribution is -0.140. The topological polar surface area (TPSA) is 55.8 Å². The Labute approximate surface area is 182 Å². The number of rotatable bonds is 13. The third-order valence-electron chi connectivity index (χ3n) is 6.43. The Balaban J connectivity index is 1.87. The van der Waals surface area contributed by atoms with E-state index in [0.29, 0.717) is 18.1 Å². The molecular formula is C26H40O4. The maximum Gasteiger partial charge on any atom is 0.333 e. The van der Waals surface area contributed by atoms with Crippen LogP contribution in [0.5, 0.6) is 0 Å². The molecule has 30 heavy (non-hydrogen) atoms. The molecule has 0 bridgehead atoms. The van der Waals surface area contributed by atoms with E-state index in [1.54, 1.807) is 7.11 Å². The molecule has 0 aliphatic heterocycles. The Morgan fingerprint density at radius 3 is 2.43 bits per heavy atom. The van der Waals surface area contributed by atoms with Crippen LogP contribution in [0.15, 0.2) is 36.4 Å². The van der Waals surface area contributed by atoms with Crippen molar-refractivity contribution < 1.29 is 19.4 Å². The molecule has 1 unspecified atom stereocenters. The minimum absolute atomic E-state index is 0.00997. The van der Waals surface area contributed by atoms with Crippen molar-refractivity contribution in [3.8, 4) is 0 Å². The molecule has 0 saturated heterocycles. The van der Waals surface area contributed by atoms with Gasteiger partial charge in [0.15, 0.2) is 0 Å². The fourth-order valence-electron chi connectivity index (χ4n) is 4.46. The first kappa shape index (κ1) is 24.6. The predicted octanol–water partition coefficient (Wildman–Crippen LogP) is 5.75. The van der Waals surface area contributed by atoms with Crippen LogP contribution in [0.4, 0.5) is 0 Å². The summed E-state index contributed by atoms with van der Waals surface area (Å²) in [6, 6.07) is 8.80. The van der Waals surface area contributed by atoms with Crippen molar-refractivity contribution in [3.63, 3.8) is 0 Å². The maximum absolute atomic E-state index is 12.0. The molecule has 0 spiro atoms. The van der Waals surface area contributed by atoms with Crippen LogP contribution in [0.3, 0.4) is 0 Å². The van der Waals surface area contributed by atoms with E-state index in [1.807, 2.05) is 0 Å². The van der Waals surface area contributed by atoms with Gasteiger partial charge in [0.25, 0.3) is 0 Å². The molecule has 1 aliphatic carbocycles. The summed E-state index contributed by atoms with van der Waals surface area (Å²) in [5, 5.41) is 8.93. The lowest BCUT2D eigenvalue weighted by Crippen LogP contribution is -2.18. The van der Waals surface area contributed by atoms with E-state index in [4.69, 9.17) is 14.6 Å². The van der Waals surface area contributed by atoms with Gasteiger partial charge < -0.3 is 14.6 Å². The van der Waals surface area contributed by atoms with Crippen LogP contribution in [0.1, 0.15) is 87.7 Å². The van der Waals surface area contributed by atoms with Crippen molar-refractivity contribution >= 4 is 5.97 Å². The maximum atomic E-state index is 12.0. The van der Waals surface area contributed by atoms with Gasteiger partial charge in [0.2, 0.25) is 0 Å². The Kier molecular flexibility index (Phi) is 11.2. The quantitative estimate of drug-likeness (QED) is 0.253. The highest BCUT2D eigenvalue weighted by Crippen LogP contribution is 2.38. The smallest absolute Gasteiger partial charge is 0.333 e. The summed E-state index contributed by atoms with van der Waals surface area (Å²) in [5.41, 5.74) is 2.85. The third-order valence-corrected chi connectivity index (χ3v) is 6.43. The molecular weight excluding hydrogens is 376 g/mol. The van der Waals surface area contributed by atoms with Gasteiger partial charge in [0, 0.05) is 31.6 Å². The van der Waals surface area contributed by atoms with E-state index in [0.717, 1.165) is 11.5 Å². The monoisotopic (exact) mass is 416 g/mol. The second-order valence-electron chi connectivity index (χ2n) is 8.71. The predicted molar refractivity (Wildman–Crippen MR) is 122 cm³/mol. The number of carbonyl (C=O) groups excluding carboxylic acids is 1. The summed E-state index contributed by atoms with van der Waals surface area (Å²) in [7, 11) is 1.66. The van der Waals surface area contributed by atoms with Crippen LogP contribution in [0.25, 0.3) is 0 Å². The number of hydrogen-bond donors (Lipinski definition) is 1. The highest BCUT2D eigenvalue weighted by molar-refractivity contribution is 5.87. The van der Waals surface area contributed by atoms with Crippen LogP contribution < -0.4 is 0 Å². The van der Waals surface area contributed by atoms with E-state index in [-0.39, 0.29) is 25.6 Å². The van der Waals surface area contributed by atoms with Crippen LogP contribution in [-0.2, 0) is 14.3 Å². The molecule has 1 aromatic carbocycles. The van der Waals surface area contributed by atoms with Crippen LogP contribution >= 0.6 is 0 Å². The van der Waals surface area contributed by atoms with Gasteiger partial charge in [0.1, 0.15) is 6.61 Å². The number of esters is 1. The number of aliphatic hydroxyl groups excluding tert-OH is 1. The molecule has 4 heteroatoms. The molecule has 168 valence electrons. The zero-order chi connectivity index (χ0) is 21.8. The van der Waals surface area contributed by atoms with Crippen molar-refractivity contribution in [3.05, 3.63) is 47.5 Å². The second kappa shape index (κ2) is 13.6. The van der Waals surface area contributed by atoms with E-state index in [9.17, 15) is 4.79 Å². The molecule has 1 fully saturated rings. The molecule has 1 aromatic rings. The van der Waals surface area contributed by atoms with E-state index in [1.165, 1.54) is 56.9 Å². The molecule has 1 aliphatic rings. The molecule has 0 aromatic heterocycles. The summed E-state index contributed by atoms with van der Waals surface area (Å²) >= 11 is 0. The van der Waals surface area contributed by atoms with Crippen LogP contribution in [0.2, 0.25) is 0 Å². The summed E-state index contributed by atoms with van der Waals surface area (Å²) in [5.74, 6) is 1.14. The first-order valence-electron chi connectivity index (χ1n) is 11.6. The molecule has 1 saturated carbocycles. The molecule has 2 rings (SSSR count). The fraction of sp³-hybridized carbons (Fsp3) is 0.654. The Morgan fingerprint density at radius 2 is 1.83 bits per heavy atom. The van der Waals surface area contributed by atoms with Gasteiger partial charge >= 0.3 is 5.97 Å². The number of benzene rings is 1. The number of hydrogen-bond acceptors (Lipinski definition) is 4. The minimum atomic E-state index is -0.447. The number of ether oxygens (including phenoxy) is 2. The van der Waals surface area contributed by atoms with Gasteiger partial charge in [0.05, 0.1) is 6.61 Å². The zero-order valence-electron chi connectivity index (χ0n) is 18.9. The molecule has 1 atom stereocenters. The molecule has 0 radical (unpaired) electrons. The number of carbonyl (C=O) groups is 1. The standard InChI is InChI=1S/C26H40O4/c1-4-5-6-7-21-8-10-22(11-9-21)23-12-14-24(15-13-23)25(18-29-3)19-30-26(28)20(2)16-17-27/h12-15,21-22,25,27H,2,4-11,16-19H2,1,3H3. The first-order valence-corrected chi connectivity index (χ1v) is 11.6. The van der Waals surface area contributed by atoms with Gasteiger partial charge in [-0.2, -0.15) is 0 Å². The molecule has 4 nitrogen and oxygen atoms in total. The normalized spacial score (nSPS) is 20.0. The van der Waals surface area contributed by atoms with Crippen molar-refractivity contribution in [1.29, 1.82) is 0 Å². The van der Waals surface area contributed by atoms with Crippen LogP contribution in [-0.4, -0.2) is 38.0 Å². The molecule has 0 heterocycles. The average Bonchev–Trinajstić information content (AvgIpc) is 2.77. The summed E-state index contributed by atoms with van der Waals surface area (Å²) < 4.78 is 10.7. The highest BCUT2D eigenvalue weighted by atomic mass is 16.5. The third kappa shape index (κ3) is 7.88. The molecule has 1 N–H and O–H groups in total. The summed E-state index contributed by atoms with van der Waals surface area (Å²) in [6.45, 7) is 6.58. The summed E-state index contributed by atoms with van der Waals surface area (Å²) in [4.78, 5) is 12.0. The number of aliphatic hydroxyl groups is 1. The fourth-order valence-corrected chi connectivity index (χ4v) is 4.46. The van der Waals surface area contributed by atoms with Gasteiger partial charge in [-0.15, -0.1) is 0 Å². The van der Waals surface area contributed by atoms with Crippen LogP contribution in [0, 0.1) is 5.92 Å². The SMILES string of the molecule is C=C(CCO)C(=O)OCC(COC)c1ccc(C2CCC(CCCCC)CC2)cc1. The highest BCUT2D eigenvalue weighted by Gasteiger charge is 2.23. The first-order chi connectivity index (χ1) is 14.6. The minimum Gasteiger partial charge on any atom is -0.462 e. The molecule has 0 amide bonds. The largest absolute Gasteiger partial charge is 0.462 e. The van der Waals surface area contributed by atoms with Crippen molar-refractivity contribution in [2.45, 2.75) is 76.5 Å². The summed E-state index contributed by atoms with van der Waals surface area (Å²) in [6.07, 6.45) is 11.0. The Bertz CT molecular complexity index is 629. The van der Waals surface area contributed by atoms with Gasteiger partial charge in [-0.05, 0) is 48.6 Å². The van der Waals surface area contributed by atoms with Crippen molar-refractivity contribution in [1.82, 2.24) is 0 Å². The number of unbranched alkanes of at least 4 members (excludes halogenated alkanes) is 2. The lowest BCUT2D eigenvalue weighted by Gasteiger charge is -2.29.